The molecule has 0 aliphatic heterocycles. The molecule has 0 radical (unpaired) electrons. The lowest BCUT2D eigenvalue weighted by Crippen LogP contribution is -2.25. The number of nitrogens with zero attached hydrogens (tertiary/aromatic N) is 1. The molecule has 2 aromatic carbocycles. The first-order chi connectivity index (χ1) is 12.6. The van der Waals surface area contributed by atoms with Crippen molar-refractivity contribution in [1.82, 2.24) is 5.43 Å². The number of amides is 1. The van der Waals surface area contributed by atoms with Gasteiger partial charge in [-0.2, -0.15) is 5.10 Å². The maximum Gasteiger partial charge on any atom is 0.259 e. The number of carbonyl (C=O) groups is 1. The molecule has 0 aliphatic carbocycles. The summed E-state index contributed by atoms with van der Waals surface area (Å²) in [5.41, 5.74) is 5.37. The molecule has 26 heavy (non-hydrogen) atoms. The summed E-state index contributed by atoms with van der Waals surface area (Å²) in [5.74, 6) is 1.13. The number of carbonyl (C=O) groups excluding carboxylic acids is 1. The number of anilines is 1. The molecule has 0 spiro atoms. The first-order valence-electron chi connectivity index (χ1n) is 8.64. The number of hydrogen-bond donors (Lipinski definition) is 2. The smallest absolute Gasteiger partial charge is 0.259 e. The van der Waals surface area contributed by atoms with Crippen molar-refractivity contribution in [2.45, 2.75) is 20.8 Å². The SMILES string of the molecule is CCOc1ccc(C=NNC(=O)CNc2ccc(C)cc2)cc1OCC. The van der Waals surface area contributed by atoms with Crippen LogP contribution in [0.1, 0.15) is 25.0 Å². The summed E-state index contributed by atoms with van der Waals surface area (Å²) in [7, 11) is 0. The molecule has 0 saturated carbocycles. The zero-order chi connectivity index (χ0) is 18.8. The van der Waals surface area contributed by atoms with Gasteiger partial charge in [0.25, 0.3) is 5.91 Å². The van der Waals surface area contributed by atoms with Crippen LogP contribution in [-0.2, 0) is 4.79 Å². The first kappa shape index (κ1) is 19.3. The fourth-order valence-corrected chi connectivity index (χ4v) is 2.22. The molecule has 2 aromatic rings. The third kappa shape index (κ3) is 6.12. The summed E-state index contributed by atoms with van der Waals surface area (Å²) in [5, 5.41) is 7.03. The van der Waals surface area contributed by atoms with Gasteiger partial charge in [0.05, 0.1) is 26.0 Å². The summed E-state index contributed by atoms with van der Waals surface area (Å²) in [6, 6.07) is 13.3. The minimum Gasteiger partial charge on any atom is -0.490 e. The summed E-state index contributed by atoms with van der Waals surface area (Å²) < 4.78 is 11.1. The molecule has 0 unspecified atom stereocenters. The number of hydrogen-bond acceptors (Lipinski definition) is 5. The summed E-state index contributed by atoms with van der Waals surface area (Å²) in [6.45, 7) is 7.11. The van der Waals surface area contributed by atoms with Crippen LogP contribution in [0.2, 0.25) is 0 Å². The van der Waals surface area contributed by atoms with Gasteiger partial charge in [0, 0.05) is 5.69 Å². The monoisotopic (exact) mass is 355 g/mol. The maximum absolute atomic E-state index is 11.9. The Morgan fingerprint density at radius 3 is 2.42 bits per heavy atom. The minimum atomic E-state index is -0.224. The van der Waals surface area contributed by atoms with E-state index >= 15 is 0 Å². The van der Waals surface area contributed by atoms with Crippen molar-refractivity contribution in [3.05, 3.63) is 53.6 Å². The van der Waals surface area contributed by atoms with Crippen LogP contribution in [-0.4, -0.2) is 31.9 Å². The second-order valence-electron chi connectivity index (χ2n) is 5.58. The minimum absolute atomic E-state index is 0.147. The van der Waals surface area contributed by atoms with Crippen LogP contribution in [0.5, 0.6) is 11.5 Å². The van der Waals surface area contributed by atoms with Crippen molar-refractivity contribution in [3.63, 3.8) is 0 Å². The van der Waals surface area contributed by atoms with Crippen LogP contribution in [0.25, 0.3) is 0 Å². The van der Waals surface area contributed by atoms with Crippen molar-refractivity contribution in [3.8, 4) is 11.5 Å². The van der Waals surface area contributed by atoms with E-state index < -0.39 is 0 Å². The largest absolute Gasteiger partial charge is 0.490 e. The molecule has 0 saturated heterocycles. The van der Waals surface area contributed by atoms with Gasteiger partial charge in [-0.25, -0.2) is 5.43 Å². The quantitative estimate of drug-likeness (QED) is 0.534. The summed E-state index contributed by atoms with van der Waals surface area (Å²) in [6.07, 6.45) is 1.57. The average molecular weight is 355 g/mol. The highest BCUT2D eigenvalue weighted by atomic mass is 16.5. The van der Waals surface area contributed by atoms with E-state index in [0.29, 0.717) is 24.7 Å². The van der Waals surface area contributed by atoms with E-state index in [1.54, 1.807) is 6.21 Å². The molecule has 2 rings (SSSR count). The van der Waals surface area contributed by atoms with Crippen molar-refractivity contribution < 1.29 is 14.3 Å². The van der Waals surface area contributed by atoms with Gasteiger partial charge < -0.3 is 14.8 Å². The number of ether oxygens (including phenoxy) is 2. The topological polar surface area (TPSA) is 72.0 Å². The van der Waals surface area contributed by atoms with Crippen molar-refractivity contribution in [1.29, 1.82) is 0 Å². The standard InChI is InChI=1S/C20H25N3O3/c1-4-25-18-11-8-16(12-19(18)26-5-2)13-22-23-20(24)14-21-17-9-6-15(3)7-10-17/h6-13,21H,4-5,14H2,1-3H3,(H,23,24). The lowest BCUT2D eigenvalue weighted by molar-refractivity contribution is -0.119. The zero-order valence-corrected chi connectivity index (χ0v) is 15.4. The molecule has 6 nitrogen and oxygen atoms in total. The third-order valence-corrected chi connectivity index (χ3v) is 3.47. The van der Waals surface area contributed by atoms with Crippen LogP contribution in [0.3, 0.4) is 0 Å². The fraction of sp³-hybridized carbons (Fsp3) is 0.300. The Hall–Kier alpha value is -3.02. The van der Waals surface area contributed by atoms with Gasteiger partial charge in [-0.15, -0.1) is 0 Å². The highest BCUT2D eigenvalue weighted by molar-refractivity contribution is 5.84. The van der Waals surface area contributed by atoms with E-state index in [1.165, 1.54) is 5.56 Å². The molecule has 1 amide bonds. The fourth-order valence-electron chi connectivity index (χ4n) is 2.22. The van der Waals surface area contributed by atoms with Gasteiger partial charge >= 0.3 is 0 Å². The van der Waals surface area contributed by atoms with E-state index in [4.69, 9.17) is 9.47 Å². The first-order valence-corrected chi connectivity index (χ1v) is 8.64. The molecule has 138 valence electrons. The Kier molecular flexibility index (Phi) is 7.49. The normalized spacial score (nSPS) is 10.6. The lowest BCUT2D eigenvalue weighted by atomic mass is 10.2. The lowest BCUT2D eigenvalue weighted by Gasteiger charge is -2.11. The van der Waals surface area contributed by atoms with E-state index in [1.807, 2.05) is 63.2 Å². The second kappa shape index (κ2) is 10.1. The van der Waals surface area contributed by atoms with Crippen LogP contribution in [0.4, 0.5) is 5.69 Å². The van der Waals surface area contributed by atoms with Crippen LogP contribution in [0, 0.1) is 6.92 Å². The van der Waals surface area contributed by atoms with Gasteiger partial charge in [-0.1, -0.05) is 17.7 Å². The molecule has 0 aromatic heterocycles. The number of benzene rings is 2. The van der Waals surface area contributed by atoms with Crippen LogP contribution >= 0.6 is 0 Å². The Bertz CT molecular complexity index is 742. The van der Waals surface area contributed by atoms with Gasteiger partial charge in [-0.3, -0.25) is 4.79 Å². The van der Waals surface area contributed by atoms with E-state index in [-0.39, 0.29) is 12.5 Å². The molecule has 0 heterocycles. The van der Waals surface area contributed by atoms with Gasteiger partial charge in [-0.05, 0) is 56.7 Å². The molecular formula is C20H25N3O3. The molecule has 2 N–H and O–H groups in total. The van der Waals surface area contributed by atoms with E-state index in [2.05, 4.69) is 15.8 Å². The molecule has 0 aliphatic rings. The van der Waals surface area contributed by atoms with Crippen molar-refractivity contribution in [2.24, 2.45) is 5.10 Å². The molecule has 0 atom stereocenters. The Balaban J connectivity index is 1.87. The molecule has 0 bridgehead atoms. The Labute approximate surface area is 154 Å². The summed E-state index contributed by atoms with van der Waals surface area (Å²) in [4.78, 5) is 11.9. The van der Waals surface area contributed by atoms with Gasteiger partial charge in [0.15, 0.2) is 11.5 Å². The average Bonchev–Trinajstić information content (AvgIpc) is 2.64. The highest BCUT2D eigenvalue weighted by Gasteiger charge is 2.05. The van der Waals surface area contributed by atoms with Gasteiger partial charge in [0.2, 0.25) is 0 Å². The number of hydrazone groups is 1. The molecule has 6 heteroatoms. The number of nitrogens with one attached hydrogen (secondary N) is 2. The third-order valence-electron chi connectivity index (χ3n) is 3.47. The number of rotatable bonds is 9. The Morgan fingerprint density at radius 2 is 1.73 bits per heavy atom. The zero-order valence-electron chi connectivity index (χ0n) is 15.4. The van der Waals surface area contributed by atoms with Crippen molar-refractivity contribution >= 4 is 17.8 Å². The van der Waals surface area contributed by atoms with E-state index in [0.717, 1.165) is 11.3 Å². The van der Waals surface area contributed by atoms with E-state index in [9.17, 15) is 4.79 Å². The second-order valence-corrected chi connectivity index (χ2v) is 5.58. The van der Waals surface area contributed by atoms with Gasteiger partial charge in [0.1, 0.15) is 0 Å². The highest BCUT2D eigenvalue weighted by Crippen LogP contribution is 2.27. The number of aryl methyl sites for hydroxylation is 1. The molecule has 0 fully saturated rings. The maximum atomic E-state index is 11.9. The predicted octanol–water partition coefficient (Wildman–Crippen LogP) is 3.35. The summed E-state index contributed by atoms with van der Waals surface area (Å²) >= 11 is 0. The van der Waals surface area contributed by atoms with Crippen LogP contribution < -0.4 is 20.2 Å². The van der Waals surface area contributed by atoms with Crippen LogP contribution in [0.15, 0.2) is 47.6 Å². The molecular weight excluding hydrogens is 330 g/mol. The predicted molar refractivity (Wildman–Crippen MR) is 104 cm³/mol. The van der Waals surface area contributed by atoms with Crippen molar-refractivity contribution in [2.75, 3.05) is 25.1 Å². The Morgan fingerprint density at radius 1 is 1.04 bits per heavy atom.